The first-order valence-corrected chi connectivity index (χ1v) is 6.33. The van der Waals surface area contributed by atoms with Crippen LogP contribution in [0.15, 0.2) is 0 Å². The van der Waals surface area contributed by atoms with E-state index < -0.39 is 11.6 Å². The Hall–Kier alpha value is -0.570. The van der Waals surface area contributed by atoms with Gasteiger partial charge >= 0.3 is 5.97 Å². The van der Waals surface area contributed by atoms with Crippen molar-refractivity contribution in [3.63, 3.8) is 0 Å². The first kappa shape index (κ1) is 15.4. The van der Waals surface area contributed by atoms with Crippen molar-refractivity contribution < 1.29 is 14.6 Å². The molecule has 0 fully saturated rings. The standard InChI is InChI=1S/C13H26O3/c1-6-10(4)9-13(8-3,12(14)15)16-11(5)7-2/h10-11H,6-9H2,1-5H3,(H,14,15). The Kier molecular flexibility index (Phi) is 6.65. The Labute approximate surface area is 99.2 Å². The summed E-state index contributed by atoms with van der Waals surface area (Å²) in [5, 5.41) is 9.39. The lowest BCUT2D eigenvalue weighted by molar-refractivity contribution is -0.177. The van der Waals surface area contributed by atoms with E-state index in [2.05, 4.69) is 13.8 Å². The second-order valence-electron chi connectivity index (χ2n) is 4.71. The molecule has 0 saturated heterocycles. The molecule has 0 spiro atoms. The van der Waals surface area contributed by atoms with Crippen LogP contribution in [0, 0.1) is 5.92 Å². The van der Waals surface area contributed by atoms with Gasteiger partial charge in [-0.25, -0.2) is 4.79 Å². The molecule has 0 saturated carbocycles. The summed E-state index contributed by atoms with van der Waals surface area (Å²) in [6.07, 6.45) is 2.95. The first-order valence-electron chi connectivity index (χ1n) is 6.33. The number of aliphatic carboxylic acids is 1. The summed E-state index contributed by atoms with van der Waals surface area (Å²) in [7, 11) is 0. The van der Waals surface area contributed by atoms with Crippen molar-refractivity contribution in [3.8, 4) is 0 Å². The number of hydrogen-bond acceptors (Lipinski definition) is 2. The van der Waals surface area contributed by atoms with Crippen LogP contribution in [-0.4, -0.2) is 22.8 Å². The topological polar surface area (TPSA) is 46.5 Å². The van der Waals surface area contributed by atoms with Crippen molar-refractivity contribution in [2.75, 3.05) is 0 Å². The monoisotopic (exact) mass is 230 g/mol. The molecule has 3 nitrogen and oxygen atoms in total. The molecular weight excluding hydrogens is 204 g/mol. The van der Waals surface area contributed by atoms with Gasteiger partial charge < -0.3 is 9.84 Å². The second-order valence-corrected chi connectivity index (χ2v) is 4.71. The molecule has 3 heteroatoms. The van der Waals surface area contributed by atoms with Crippen LogP contribution in [0.2, 0.25) is 0 Å². The Morgan fingerprint density at radius 1 is 1.25 bits per heavy atom. The van der Waals surface area contributed by atoms with Crippen molar-refractivity contribution >= 4 is 5.97 Å². The van der Waals surface area contributed by atoms with Crippen LogP contribution in [0.1, 0.15) is 60.3 Å². The van der Waals surface area contributed by atoms with Crippen LogP contribution in [0.3, 0.4) is 0 Å². The molecule has 3 unspecified atom stereocenters. The summed E-state index contributed by atoms with van der Waals surface area (Å²) in [5.41, 5.74) is -0.995. The van der Waals surface area contributed by atoms with Gasteiger partial charge in [-0.05, 0) is 32.1 Å². The summed E-state index contributed by atoms with van der Waals surface area (Å²) >= 11 is 0. The van der Waals surface area contributed by atoms with Crippen LogP contribution in [0.25, 0.3) is 0 Å². The van der Waals surface area contributed by atoms with Crippen molar-refractivity contribution in [1.29, 1.82) is 0 Å². The van der Waals surface area contributed by atoms with Crippen LogP contribution in [-0.2, 0) is 9.53 Å². The maximum Gasteiger partial charge on any atom is 0.335 e. The largest absolute Gasteiger partial charge is 0.479 e. The van der Waals surface area contributed by atoms with Crippen molar-refractivity contribution in [2.24, 2.45) is 5.92 Å². The summed E-state index contributed by atoms with van der Waals surface area (Å²) in [6.45, 7) is 9.99. The Morgan fingerprint density at radius 3 is 2.12 bits per heavy atom. The van der Waals surface area contributed by atoms with Crippen LogP contribution >= 0.6 is 0 Å². The highest BCUT2D eigenvalue weighted by atomic mass is 16.5. The van der Waals surface area contributed by atoms with Crippen molar-refractivity contribution in [1.82, 2.24) is 0 Å². The van der Waals surface area contributed by atoms with Gasteiger partial charge in [-0.2, -0.15) is 0 Å². The van der Waals surface area contributed by atoms with E-state index in [0.29, 0.717) is 18.8 Å². The molecule has 96 valence electrons. The minimum Gasteiger partial charge on any atom is -0.479 e. The Bertz CT molecular complexity index is 201. The zero-order valence-corrected chi connectivity index (χ0v) is 11.2. The number of rotatable bonds is 8. The van der Waals surface area contributed by atoms with E-state index in [1.165, 1.54) is 0 Å². The second kappa shape index (κ2) is 6.89. The third kappa shape index (κ3) is 4.12. The van der Waals surface area contributed by atoms with Gasteiger partial charge in [0.15, 0.2) is 5.60 Å². The molecule has 16 heavy (non-hydrogen) atoms. The highest BCUT2D eigenvalue weighted by molar-refractivity contribution is 5.77. The smallest absolute Gasteiger partial charge is 0.335 e. The molecular formula is C13H26O3. The van der Waals surface area contributed by atoms with Crippen molar-refractivity contribution in [2.45, 2.75) is 72.0 Å². The molecule has 0 rings (SSSR count). The average Bonchev–Trinajstić information content (AvgIpc) is 2.27. The van der Waals surface area contributed by atoms with Gasteiger partial charge in [-0.15, -0.1) is 0 Å². The first-order chi connectivity index (χ1) is 7.41. The highest BCUT2D eigenvalue weighted by Gasteiger charge is 2.40. The molecule has 0 aromatic heterocycles. The molecule has 1 N–H and O–H groups in total. The zero-order valence-electron chi connectivity index (χ0n) is 11.2. The number of carboxylic acid groups (broad SMARTS) is 1. The number of carbonyl (C=O) groups is 1. The van der Waals surface area contributed by atoms with E-state index >= 15 is 0 Å². The van der Waals surface area contributed by atoms with Gasteiger partial charge in [0, 0.05) is 0 Å². The maximum atomic E-state index is 11.4. The Morgan fingerprint density at radius 2 is 1.81 bits per heavy atom. The number of carboxylic acids is 1. The van der Waals surface area contributed by atoms with Crippen molar-refractivity contribution in [3.05, 3.63) is 0 Å². The summed E-state index contributed by atoms with van der Waals surface area (Å²) in [6, 6.07) is 0. The fourth-order valence-corrected chi connectivity index (χ4v) is 1.74. The van der Waals surface area contributed by atoms with Gasteiger partial charge in [0.25, 0.3) is 0 Å². The van der Waals surface area contributed by atoms with Crippen LogP contribution in [0.4, 0.5) is 0 Å². The van der Waals surface area contributed by atoms with Crippen LogP contribution < -0.4 is 0 Å². The minimum atomic E-state index is -0.995. The van der Waals surface area contributed by atoms with E-state index in [9.17, 15) is 9.90 Å². The van der Waals surface area contributed by atoms with Gasteiger partial charge in [0.05, 0.1) is 6.10 Å². The predicted molar refractivity (Wildman–Crippen MR) is 65.6 cm³/mol. The molecule has 0 heterocycles. The number of ether oxygens (including phenoxy) is 1. The van der Waals surface area contributed by atoms with E-state index in [-0.39, 0.29) is 6.10 Å². The molecule has 0 aliphatic carbocycles. The van der Waals surface area contributed by atoms with Gasteiger partial charge in [-0.1, -0.05) is 34.1 Å². The summed E-state index contributed by atoms with van der Waals surface area (Å²) in [5.74, 6) is -0.448. The quantitative estimate of drug-likeness (QED) is 0.694. The number of hydrogen-bond donors (Lipinski definition) is 1. The highest BCUT2D eigenvalue weighted by Crippen LogP contribution is 2.29. The molecule has 0 aromatic carbocycles. The maximum absolute atomic E-state index is 11.4. The Balaban J connectivity index is 4.78. The minimum absolute atomic E-state index is 0.0000983. The molecule has 3 atom stereocenters. The predicted octanol–water partition coefficient (Wildman–Crippen LogP) is 3.47. The van der Waals surface area contributed by atoms with E-state index in [1.807, 2.05) is 20.8 Å². The molecule has 0 radical (unpaired) electrons. The fourth-order valence-electron chi connectivity index (χ4n) is 1.74. The molecule has 0 bridgehead atoms. The third-order valence-corrected chi connectivity index (χ3v) is 3.34. The summed E-state index contributed by atoms with van der Waals surface area (Å²) < 4.78 is 5.77. The van der Waals surface area contributed by atoms with Gasteiger partial charge in [0.2, 0.25) is 0 Å². The lowest BCUT2D eigenvalue weighted by Crippen LogP contribution is -2.44. The third-order valence-electron chi connectivity index (χ3n) is 3.34. The summed E-state index contributed by atoms with van der Waals surface area (Å²) in [4.78, 5) is 11.4. The van der Waals surface area contributed by atoms with Crippen LogP contribution in [0.5, 0.6) is 0 Å². The van der Waals surface area contributed by atoms with Gasteiger partial charge in [0.1, 0.15) is 0 Å². The average molecular weight is 230 g/mol. The molecule has 0 amide bonds. The fraction of sp³-hybridized carbons (Fsp3) is 0.923. The lowest BCUT2D eigenvalue weighted by Gasteiger charge is -2.33. The molecule has 0 aliphatic rings. The molecule has 0 aliphatic heterocycles. The van der Waals surface area contributed by atoms with E-state index in [0.717, 1.165) is 12.8 Å². The molecule has 0 aromatic rings. The SMILES string of the molecule is CCC(C)CC(CC)(OC(C)CC)C(=O)O. The lowest BCUT2D eigenvalue weighted by atomic mass is 9.87. The van der Waals surface area contributed by atoms with Gasteiger partial charge in [-0.3, -0.25) is 0 Å². The normalized spacial score (nSPS) is 18.8. The zero-order chi connectivity index (χ0) is 12.8. The van der Waals surface area contributed by atoms with E-state index in [1.54, 1.807) is 0 Å². The van der Waals surface area contributed by atoms with E-state index in [4.69, 9.17) is 4.74 Å².